The van der Waals surface area contributed by atoms with Gasteiger partial charge in [-0.25, -0.2) is 4.79 Å². The Bertz CT molecular complexity index is 1820. The highest BCUT2D eigenvalue weighted by Crippen LogP contribution is 2.30. The molecule has 0 atom stereocenters. The van der Waals surface area contributed by atoms with Crippen molar-refractivity contribution in [1.29, 1.82) is 0 Å². The summed E-state index contributed by atoms with van der Waals surface area (Å²) in [7, 11) is 0. The lowest BCUT2D eigenvalue weighted by Crippen LogP contribution is -2.23. The molecule has 0 unspecified atom stereocenters. The highest BCUT2D eigenvalue weighted by molar-refractivity contribution is 6.08. The van der Waals surface area contributed by atoms with Crippen LogP contribution in [0.2, 0.25) is 0 Å². The number of hydrogen-bond acceptors (Lipinski definition) is 3. The number of nitrogens with zero attached hydrogens (tertiary/aromatic N) is 2. The molecule has 0 spiro atoms. The van der Waals surface area contributed by atoms with Gasteiger partial charge in [-0.1, -0.05) is 54.6 Å². The second-order valence-corrected chi connectivity index (χ2v) is 9.51. The van der Waals surface area contributed by atoms with E-state index < -0.39 is 5.97 Å². The minimum atomic E-state index is -0.977. The summed E-state index contributed by atoms with van der Waals surface area (Å²) in [6.07, 6.45) is 5.67. The van der Waals surface area contributed by atoms with Gasteiger partial charge in [0.2, 0.25) is 0 Å². The molecule has 1 amide bonds. The van der Waals surface area contributed by atoms with Crippen molar-refractivity contribution in [3.63, 3.8) is 0 Å². The molecule has 4 aromatic carbocycles. The average molecular weight is 512 g/mol. The van der Waals surface area contributed by atoms with Gasteiger partial charge in [-0.2, -0.15) is 0 Å². The van der Waals surface area contributed by atoms with Crippen molar-refractivity contribution in [2.45, 2.75) is 13.1 Å². The maximum Gasteiger partial charge on any atom is 0.335 e. The van der Waals surface area contributed by atoms with E-state index in [0.29, 0.717) is 12.1 Å². The maximum atomic E-state index is 13.6. The molecule has 6 heteroatoms. The highest BCUT2D eigenvalue weighted by atomic mass is 16.4. The van der Waals surface area contributed by atoms with Crippen molar-refractivity contribution in [3.8, 4) is 11.1 Å². The number of aromatic carboxylic acids is 1. The van der Waals surface area contributed by atoms with Crippen LogP contribution in [-0.2, 0) is 13.1 Å². The summed E-state index contributed by atoms with van der Waals surface area (Å²) in [4.78, 5) is 29.0. The number of pyridine rings is 1. The molecule has 0 fully saturated rings. The van der Waals surface area contributed by atoms with Gasteiger partial charge in [-0.05, 0) is 70.1 Å². The zero-order valence-corrected chi connectivity index (χ0v) is 21.0. The fraction of sp³-hybridized carbons (Fsp3) is 0.0606. The van der Waals surface area contributed by atoms with Crippen LogP contribution in [0.1, 0.15) is 31.8 Å². The number of nitrogens with one attached hydrogen (secondary N) is 1. The molecule has 2 heterocycles. The van der Waals surface area contributed by atoms with Gasteiger partial charge in [0.1, 0.15) is 0 Å². The molecule has 0 aliphatic carbocycles. The van der Waals surface area contributed by atoms with Gasteiger partial charge in [0.15, 0.2) is 0 Å². The van der Waals surface area contributed by atoms with Crippen LogP contribution in [0.5, 0.6) is 0 Å². The molecule has 2 N–H and O–H groups in total. The Morgan fingerprint density at radius 3 is 2.36 bits per heavy atom. The third-order valence-electron chi connectivity index (χ3n) is 6.92. The van der Waals surface area contributed by atoms with Gasteiger partial charge in [0, 0.05) is 42.5 Å². The van der Waals surface area contributed by atoms with Gasteiger partial charge in [-0.3, -0.25) is 9.78 Å². The lowest BCUT2D eigenvalue weighted by Gasteiger charge is -2.14. The number of rotatable bonds is 7. The van der Waals surface area contributed by atoms with Crippen molar-refractivity contribution in [2.75, 3.05) is 0 Å². The smallest absolute Gasteiger partial charge is 0.335 e. The maximum absolute atomic E-state index is 13.6. The lowest BCUT2D eigenvalue weighted by atomic mass is 9.99. The Morgan fingerprint density at radius 2 is 1.56 bits per heavy atom. The molecular weight excluding hydrogens is 486 g/mol. The number of carboxylic acid groups (broad SMARTS) is 1. The molecule has 0 aliphatic heterocycles. The summed E-state index contributed by atoms with van der Waals surface area (Å²) in [5.74, 6) is -1.17. The summed E-state index contributed by atoms with van der Waals surface area (Å²) in [6, 6.07) is 31.0. The van der Waals surface area contributed by atoms with E-state index in [1.807, 2.05) is 60.9 Å². The third kappa shape index (κ3) is 5.00. The summed E-state index contributed by atoms with van der Waals surface area (Å²) >= 11 is 0. The van der Waals surface area contributed by atoms with Crippen molar-refractivity contribution in [1.82, 2.24) is 14.9 Å². The predicted octanol–water partition coefficient (Wildman–Crippen LogP) is 6.53. The lowest BCUT2D eigenvalue weighted by molar-refractivity contribution is 0.0696. The summed E-state index contributed by atoms with van der Waals surface area (Å²) in [5, 5.41) is 15.4. The topological polar surface area (TPSA) is 84.2 Å². The van der Waals surface area contributed by atoms with Crippen molar-refractivity contribution < 1.29 is 14.7 Å². The first kappa shape index (κ1) is 24.1. The normalized spacial score (nSPS) is 11.1. The molecule has 0 bridgehead atoms. The van der Waals surface area contributed by atoms with Crippen LogP contribution >= 0.6 is 0 Å². The fourth-order valence-corrected chi connectivity index (χ4v) is 4.92. The summed E-state index contributed by atoms with van der Waals surface area (Å²) in [5.41, 5.74) is 5.62. The molecule has 6 rings (SSSR count). The molecule has 6 nitrogen and oxygen atoms in total. The van der Waals surface area contributed by atoms with E-state index in [9.17, 15) is 9.59 Å². The van der Waals surface area contributed by atoms with Crippen molar-refractivity contribution in [2.24, 2.45) is 0 Å². The van der Waals surface area contributed by atoms with E-state index in [0.717, 1.165) is 43.9 Å². The zero-order chi connectivity index (χ0) is 26.8. The highest BCUT2D eigenvalue weighted by Gasteiger charge is 2.17. The second kappa shape index (κ2) is 10.3. The van der Waals surface area contributed by atoms with Crippen LogP contribution in [0.15, 0.2) is 116 Å². The van der Waals surface area contributed by atoms with Gasteiger partial charge in [-0.15, -0.1) is 0 Å². The average Bonchev–Trinajstić information content (AvgIpc) is 3.38. The Kier molecular flexibility index (Phi) is 6.35. The van der Waals surface area contributed by atoms with Crippen LogP contribution in [0.25, 0.3) is 32.8 Å². The molecule has 2 aromatic heterocycles. The van der Waals surface area contributed by atoms with E-state index in [4.69, 9.17) is 5.11 Å². The van der Waals surface area contributed by atoms with Gasteiger partial charge in [0.25, 0.3) is 5.91 Å². The van der Waals surface area contributed by atoms with E-state index in [1.54, 1.807) is 30.5 Å². The number of aromatic nitrogens is 2. The largest absolute Gasteiger partial charge is 0.478 e. The first-order chi connectivity index (χ1) is 19.0. The first-order valence-electron chi connectivity index (χ1n) is 12.7. The number of fused-ring (bicyclic) bond motifs is 2. The number of carbonyl (C=O) groups excluding carboxylic acids is 1. The van der Waals surface area contributed by atoms with E-state index >= 15 is 0 Å². The molecule has 39 heavy (non-hydrogen) atoms. The number of amides is 1. The van der Waals surface area contributed by atoms with Gasteiger partial charge in [0.05, 0.1) is 16.6 Å². The second-order valence-electron chi connectivity index (χ2n) is 9.51. The molecule has 0 aliphatic rings. The first-order valence-corrected chi connectivity index (χ1v) is 12.7. The SMILES string of the molecule is O=C(O)c1ccc(CNC(=O)c2cc(-c3ccccc3)cc3ccn(Cc4ccc5cnccc5c4)c23)cc1. The monoisotopic (exact) mass is 511 g/mol. The summed E-state index contributed by atoms with van der Waals surface area (Å²) < 4.78 is 2.11. The number of carboxylic acids is 1. The van der Waals surface area contributed by atoms with E-state index in [2.05, 4.69) is 39.1 Å². The quantitative estimate of drug-likeness (QED) is 0.255. The molecule has 0 radical (unpaired) electrons. The van der Waals surface area contributed by atoms with Crippen LogP contribution < -0.4 is 5.32 Å². The fourth-order valence-electron chi connectivity index (χ4n) is 4.92. The Morgan fingerprint density at radius 1 is 0.769 bits per heavy atom. The van der Waals surface area contributed by atoms with Crippen LogP contribution in [0, 0.1) is 0 Å². The Balaban J connectivity index is 1.36. The van der Waals surface area contributed by atoms with Crippen molar-refractivity contribution in [3.05, 3.63) is 138 Å². The van der Waals surface area contributed by atoms with E-state index in [-0.39, 0.29) is 18.0 Å². The molecular formula is C33H25N3O3. The molecule has 0 saturated heterocycles. The van der Waals surface area contributed by atoms with Crippen LogP contribution in [-0.4, -0.2) is 26.5 Å². The van der Waals surface area contributed by atoms with E-state index in [1.165, 1.54) is 0 Å². The molecule has 6 aromatic rings. The third-order valence-corrected chi connectivity index (χ3v) is 6.92. The predicted molar refractivity (Wildman–Crippen MR) is 153 cm³/mol. The summed E-state index contributed by atoms with van der Waals surface area (Å²) in [6.45, 7) is 0.901. The van der Waals surface area contributed by atoms with Gasteiger partial charge < -0.3 is 15.0 Å². The Labute approximate surface area is 225 Å². The van der Waals surface area contributed by atoms with Crippen LogP contribution in [0.4, 0.5) is 0 Å². The van der Waals surface area contributed by atoms with Crippen LogP contribution in [0.3, 0.4) is 0 Å². The number of carbonyl (C=O) groups is 2. The molecule has 0 saturated carbocycles. The zero-order valence-electron chi connectivity index (χ0n) is 21.0. The minimum absolute atomic E-state index is 0.190. The van der Waals surface area contributed by atoms with Gasteiger partial charge >= 0.3 is 5.97 Å². The standard InChI is InChI=1S/C33H25N3O3/c37-32(35-19-22-6-9-25(10-7-22)33(38)39)30-18-29(24-4-2-1-3-5-24)17-27-13-15-36(31(27)30)21-23-8-11-28-20-34-14-12-26(28)16-23/h1-18,20H,19,21H2,(H,35,37)(H,38,39). The number of benzene rings is 4. The molecule has 190 valence electrons. The van der Waals surface area contributed by atoms with Crippen molar-refractivity contribution >= 4 is 33.6 Å². The Hall–Kier alpha value is -5.23. The number of hydrogen-bond donors (Lipinski definition) is 2. The minimum Gasteiger partial charge on any atom is -0.478 e.